The van der Waals surface area contributed by atoms with Gasteiger partial charge in [0.05, 0.1) is 11.9 Å². The molecular weight excluding hydrogens is 488 g/mol. The number of halogens is 10. The van der Waals surface area contributed by atoms with E-state index in [0.717, 1.165) is 12.1 Å². The van der Waals surface area contributed by atoms with Gasteiger partial charge in [-0.05, 0) is 24.6 Å². The van der Waals surface area contributed by atoms with Gasteiger partial charge in [-0.3, -0.25) is 0 Å². The van der Waals surface area contributed by atoms with E-state index >= 15 is 0 Å². The maximum Gasteiger partial charge on any atom is 0.525 e. The summed E-state index contributed by atoms with van der Waals surface area (Å²) >= 11 is 0.286. The Bertz CT molecular complexity index is 1010. The van der Waals surface area contributed by atoms with E-state index in [-0.39, 0.29) is 22.2 Å². The maximum atomic E-state index is 14.3. The van der Waals surface area contributed by atoms with Gasteiger partial charge < -0.3 is 4.74 Å². The molecule has 0 radical (unpaired) electrons. The highest BCUT2D eigenvalue weighted by atomic mass is 32.2. The standard InChI is InChI=1S/C16H9F10N3O2S/c1-7-2-9(17)10(3-11(7)32-6-14(19,20)21)29-5-8(4-27)12(28-29)30-15(22,23)13(18)31-16(24,25)26/h2-3,5,13H,6H2,1H3. The van der Waals surface area contributed by atoms with Gasteiger partial charge in [-0.15, -0.1) is 30.0 Å². The summed E-state index contributed by atoms with van der Waals surface area (Å²) in [7, 11) is 0. The fraction of sp³-hybridized carbons (Fsp3) is 0.375. The molecular formula is C16H9F10N3O2S. The number of nitrogens with zero attached hydrogens (tertiary/aromatic N) is 3. The zero-order chi connectivity index (χ0) is 24.5. The van der Waals surface area contributed by atoms with Gasteiger partial charge >= 0.3 is 25.0 Å². The van der Waals surface area contributed by atoms with Crippen LogP contribution in [0.1, 0.15) is 11.1 Å². The van der Waals surface area contributed by atoms with E-state index in [0.29, 0.717) is 10.9 Å². The van der Waals surface area contributed by atoms with E-state index < -0.39 is 53.7 Å². The Morgan fingerprint density at radius 2 is 1.78 bits per heavy atom. The Morgan fingerprint density at radius 1 is 1.16 bits per heavy atom. The van der Waals surface area contributed by atoms with Crippen LogP contribution in [-0.4, -0.2) is 40.5 Å². The lowest BCUT2D eigenvalue weighted by molar-refractivity contribution is -0.411. The van der Waals surface area contributed by atoms with E-state index in [4.69, 9.17) is 5.26 Å². The van der Waals surface area contributed by atoms with Gasteiger partial charge in [0, 0.05) is 4.90 Å². The van der Waals surface area contributed by atoms with E-state index in [2.05, 4.69) is 14.6 Å². The van der Waals surface area contributed by atoms with E-state index in [1.165, 1.54) is 13.0 Å². The number of hydrogen-bond acceptors (Lipinski definition) is 5. The quantitative estimate of drug-likeness (QED) is 0.366. The Balaban J connectivity index is 2.38. The average molecular weight is 497 g/mol. The molecule has 5 nitrogen and oxygen atoms in total. The van der Waals surface area contributed by atoms with Crippen LogP contribution in [0.25, 0.3) is 5.69 Å². The van der Waals surface area contributed by atoms with Crippen molar-refractivity contribution in [1.82, 2.24) is 9.78 Å². The summed E-state index contributed by atoms with van der Waals surface area (Å²) in [5, 5.41) is 12.3. The number of thioether (sulfide) groups is 1. The van der Waals surface area contributed by atoms with E-state index in [1.807, 2.05) is 0 Å². The van der Waals surface area contributed by atoms with Crippen molar-refractivity contribution in [3.05, 3.63) is 35.3 Å². The van der Waals surface area contributed by atoms with Crippen LogP contribution in [0.15, 0.2) is 23.2 Å². The normalized spacial score (nSPS) is 13.7. The zero-order valence-electron chi connectivity index (χ0n) is 15.4. The molecule has 0 aliphatic carbocycles. The highest BCUT2D eigenvalue weighted by Gasteiger charge is 2.51. The van der Waals surface area contributed by atoms with Crippen molar-refractivity contribution in [1.29, 1.82) is 5.26 Å². The first-order valence-corrected chi connectivity index (χ1v) is 8.96. The van der Waals surface area contributed by atoms with Gasteiger partial charge in [0.2, 0.25) is 0 Å². The second-order valence-corrected chi connectivity index (χ2v) is 6.94. The lowest BCUT2D eigenvalue weighted by Gasteiger charge is -2.21. The average Bonchev–Trinajstić information content (AvgIpc) is 3.00. The van der Waals surface area contributed by atoms with Crippen LogP contribution >= 0.6 is 11.8 Å². The molecule has 16 heteroatoms. The second kappa shape index (κ2) is 9.06. The molecule has 0 aliphatic rings. The highest BCUT2D eigenvalue weighted by Crippen LogP contribution is 2.35. The van der Waals surface area contributed by atoms with Crippen molar-refractivity contribution in [3.63, 3.8) is 0 Å². The molecule has 1 aromatic carbocycles. The number of benzene rings is 1. The molecule has 32 heavy (non-hydrogen) atoms. The summed E-state index contributed by atoms with van der Waals surface area (Å²) in [4.78, 5) is -0.0667. The summed E-state index contributed by atoms with van der Waals surface area (Å²) in [6, 6.07) is 2.97. The molecule has 1 aromatic heterocycles. The number of alkyl halides is 9. The summed E-state index contributed by atoms with van der Waals surface area (Å²) in [5.41, 5.74) is -1.37. The summed E-state index contributed by atoms with van der Waals surface area (Å²) in [5.74, 6) is -3.80. The molecule has 0 saturated carbocycles. The molecule has 0 bridgehead atoms. The van der Waals surface area contributed by atoms with Crippen LogP contribution < -0.4 is 4.74 Å². The molecule has 1 atom stereocenters. The lowest BCUT2D eigenvalue weighted by atomic mass is 10.2. The summed E-state index contributed by atoms with van der Waals surface area (Å²) < 4.78 is 135. The van der Waals surface area contributed by atoms with Crippen molar-refractivity contribution < 1.29 is 53.4 Å². The van der Waals surface area contributed by atoms with E-state index in [1.54, 1.807) is 0 Å². The molecule has 0 saturated heterocycles. The molecule has 1 unspecified atom stereocenters. The molecule has 1 heterocycles. The van der Waals surface area contributed by atoms with Crippen LogP contribution in [-0.2, 0) is 4.74 Å². The van der Waals surface area contributed by atoms with Gasteiger partial charge in [0.15, 0.2) is 0 Å². The SMILES string of the molecule is Cc1cc(F)c(-n2cc(C#N)c(OC(F)(F)C(F)OC(F)(F)F)n2)cc1SCC(F)(F)F. The van der Waals surface area contributed by atoms with Crippen LogP contribution in [0.5, 0.6) is 5.88 Å². The zero-order valence-corrected chi connectivity index (χ0v) is 16.2. The predicted octanol–water partition coefficient (Wildman–Crippen LogP) is 5.65. The van der Waals surface area contributed by atoms with E-state index in [9.17, 15) is 43.9 Å². The first-order valence-electron chi connectivity index (χ1n) is 7.97. The van der Waals surface area contributed by atoms with Crippen molar-refractivity contribution in [3.8, 4) is 17.6 Å². The van der Waals surface area contributed by atoms with Crippen LogP contribution in [0, 0.1) is 24.1 Å². The largest absolute Gasteiger partial charge is 0.525 e. The number of aryl methyl sites for hydroxylation is 1. The fourth-order valence-corrected chi connectivity index (χ4v) is 2.93. The third kappa shape index (κ3) is 6.66. The Kier molecular flexibility index (Phi) is 7.24. The molecule has 0 aliphatic heterocycles. The Labute approximate surface area is 176 Å². The lowest BCUT2D eigenvalue weighted by Crippen LogP contribution is -2.41. The van der Waals surface area contributed by atoms with Gasteiger partial charge in [-0.2, -0.15) is 27.2 Å². The number of aromatic nitrogens is 2. The van der Waals surface area contributed by atoms with Gasteiger partial charge in [-0.25, -0.2) is 18.2 Å². The molecule has 0 amide bonds. The van der Waals surface area contributed by atoms with Gasteiger partial charge in [-0.1, -0.05) is 0 Å². The highest BCUT2D eigenvalue weighted by molar-refractivity contribution is 7.99. The monoisotopic (exact) mass is 497 g/mol. The minimum Gasteiger partial charge on any atom is -0.408 e. The van der Waals surface area contributed by atoms with Crippen molar-refractivity contribution >= 4 is 11.8 Å². The summed E-state index contributed by atoms with van der Waals surface area (Å²) in [6.45, 7) is 1.30. The fourth-order valence-electron chi connectivity index (χ4n) is 2.13. The number of nitriles is 1. The van der Waals surface area contributed by atoms with Crippen LogP contribution in [0.2, 0.25) is 0 Å². The van der Waals surface area contributed by atoms with Gasteiger partial charge in [0.1, 0.15) is 23.1 Å². The maximum absolute atomic E-state index is 14.3. The minimum atomic E-state index is -5.78. The Morgan fingerprint density at radius 3 is 2.31 bits per heavy atom. The number of rotatable bonds is 7. The van der Waals surface area contributed by atoms with Crippen molar-refractivity contribution in [2.45, 2.75) is 36.8 Å². The van der Waals surface area contributed by atoms with Crippen LogP contribution in [0.3, 0.4) is 0 Å². The van der Waals surface area contributed by atoms with Crippen molar-refractivity contribution in [2.24, 2.45) is 0 Å². The third-order valence-electron chi connectivity index (χ3n) is 3.42. The third-order valence-corrected chi connectivity index (χ3v) is 4.64. The number of hydrogen-bond donors (Lipinski definition) is 0. The molecule has 2 aromatic rings. The molecule has 0 fully saturated rings. The molecule has 2 rings (SSSR count). The molecule has 0 spiro atoms. The number of ether oxygens (including phenoxy) is 2. The Hall–Kier alpha value is -2.67. The minimum absolute atomic E-state index is 0.0667. The van der Waals surface area contributed by atoms with Crippen LogP contribution in [0.4, 0.5) is 43.9 Å². The molecule has 0 N–H and O–H groups in total. The smallest absolute Gasteiger partial charge is 0.408 e. The first-order chi connectivity index (χ1) is 14.5. The topological polar surface area (TPSA) is 60.1 Å². The summed E-state index contributed by atoms with van der Waals surface area (Å²) in [6.07, 6.45) is -19.3. The van der Waals surface area contributed by atoms with Gasteiger partial charge in [0.25, 0.3) is 5.88 Å². The predicted molar refractivity (Wildman–Crippen MR) is 87.4 cm³/mol. The van der Waals surface area contributed by atoms with Crippen molar-refractivity contribution in [2.75, 3.05) is 5.75 Å². The second-order valence-electron chi connectivity index (χ2n) is 5.92. The first kappa shape index (κ1) is 25.6. The molecule has 176 valence electrons.